The third-order valence-corrected chi connectivity index (χ3v) is 4.56. The molecule has 0 bridgehead atoms. The molecule has 0 saturated heterocycles. The van der Waals surface area contributed by atoms with Crippen LogP contribution in [0.15, 0.2) is 30.3 Å². The van der Waals surface area contributed by atoms with Gasteiger partial charge in [-0.15, -0.1) is 0 Å². The minimum atomic E-state index is 0.371. The summed E-state index contributed by atoms with van der Waals surface area (Å²) >= 11 is 0. The third kappa shape index (κ3) is 2.78. The molecule has 0 amide bonds. The van der Waals surface area contributed by atoms with E-state index in [1.54, 1.807) is 0 Å². The zero-order valence-corrected chi connectivity index (χ0v) is 13.4. The van der Waals surface area contributed by atoms with Crippen molar-refractivity contribution in [2.24, 2.45) is 0 Å². The maximum absolute atomic E-state index is 9.14. The molecular weight excluding hydrogens is 270 g/mol. The van der Waals surface area contributed by atoms with E-state index in [9.17, 15) is 0 Å². The Labute approximate surface area is 132 Å². The Morgan fingerprint density at radius 2 is 2.09 bits per heavy atom. The van der Waals surface area contributed by atoms with Crippen LogP contribution < -0.4 is 0 Å². The molecule has 114 valence electrons. The van der Waals surface area contributed by atoms with Gasteiger partial charge in [-0.3, -0.25) is 4.68 Å². The summed E-state index contributed by atoms with van der Waals surface area (Å²) in [6.07, 6.45) is 3.99. The summed E-state index contributed by atoms with van der Waals surface area (Å²) in [5.41, 5.74) is 5.22. The van der Waals surface area contributed by atoms with Crippen molar-refractivity contribution in [3.05, 3.63) is 52.8 Å². The van der Waals surface area contributed by atoms with E-state index in [-0.39, 0.29) is 0 Å². The SMILES string of the molecule is CC(C)c1nn(Cc2ccccc2)c2c1C(CC#N)CCC2. The lowest BCUT2D eigenvalue weighted by Gasteiger charge is -2.22. The lowest BCUT2D eigenvalue weighted by molar-refractivity contribution is 0.531. The van der Waals surface area contributed by atoms with Gasteiger partial charge in [-0.2, -0.15) is 10.4 Å². The molecule has 3 rings (SSSR count). The molecule has 22 heavy (non-hydrogen) atoms. The van der Waals surface area contributed by atoms with Crippen LogP contribution in [0, 0.1) is 11.3 Å². The van der Waals surface area contributed by atoms with E-state index < -0.39 is 0 Å². The van der Waals surface area contributed by atoms with Crippen LogP contribution in [-0.4, -0.2) is 9.78 Å². The van der Waals surface area contributed by atoms with Crippen LogP contribution in [0.4, 0.5) is 0 Å². The van der Waals surface area contributed by atoms with Crippen molar-refractivity contribution in [2.45, 2.75) is 57.9 Å². The number of nitrogens with zero attached hydrogens (tertiary/aromatic N) is 3. The number of benzene rings is 1. The molecule has 1 aromatic carbocycles. The fourth-order valence-corrected chi connectivity index (χ4v) is 3.53. The van der Waals surface area contributed by atoms with E-state index in [1.807, 2.05) is 6.07 Å². The second kappa shape index (κ2) is 6.36. The molecule has 0 radical (unpaired) electrons. The fourth-order valence-electron chi connectivity index (χ4n) is 3.53. The highest BCUT2D eigenvalue weighted by Gasteiger charge is 2.29. The summed E-state index contributed by atoms with van der Waals surface area (Å²) in [6.45, 7) is 5.23. The molecule has 1 aliphatic rings. The fraction of sp³-hybridized carbons (Fsp3) is 0.474. The lowest BCUT2D eigenvalue weighted by Crippen LogP contribution is -2.14. The summed E-state index contributed by atoms with van der Waals surface area (Å²) in [4.78, 5) is 0. The average molecular weight is 293 g/mol. The first-order valence-electron chi connectivity index (χ1n) is 8.21. The van der Waals surface area contributed by atoms with E-state index >= 15 is 0 Å². The maximum atomic E-state index is 9.14. The number of hydrogen-bond acceptors (Lipinski definition) is 2. The molecule has 0 N–H and O–H groups in total. The number of aromatic nitrogens is 2. The van der Waals surface area contributed by atoms with Gasteiger partial charge in [0, 0.05) is 23.6 Å². The summed E-state index contributed by atoms with van der Waals surface area (Å²) in [6, 6.07) is 12.9. The predicted octanol–water partition coefficient (Wildman–Crippen LogP) is 4.39. The number of fused-ring (bicyclic) bond motifs is 1. The number of rotatable bonds is 4. The van der Waals surface area contributed by atoms with E-state index in [4.69, 9.17) is 10.4 Å². The molecular formula is C19H23N3. The Bertz CT molecular complexity index is 677. The van der Waals surface area contributed by atoms with Gasteiger partial charge in [-0.05, 0) is 30.7 Å². The van der Waals surface area contributed by atoms with Crippen LogP contribution >= 0.6 is 0 Å². The third-order valence-electron chi connectivity index (χ3n) is 4.56. The van der Waals surface area contributed by atoms with Gasteiger partial charge in [0.25, 0.3) is 0 Å². The largest absolute Gasteiger partial charge is 0.265 e. The average Bonchev–Trinajstić information content (AvgIpc) is 2.89. The van der Waals surface area contributed by atoms with Crippen molar-refractivity contribution >= 4 is 0 Å². The molecule has 1 aromatic heterocycles. The van der Waals surface area contributed by atoms with Gasteiger partial charge in [-0.1, -0.05) is 44.2 Å². The smallest absolute Gasteiger partial charge is 0.0688 e. The van der Waals surface area contributed by atoms with Gasteiger partial charge in [0.1, 0.15) is 0 Å². The predicted molar refractivity (Wildman–Crippen MR) is 87.8 cm³/mol. The zero-order valence-electron chi connectivity index (χ0n) is 13.4. The van der Waals surface area contributed by atoms with Crippen LogP contribution in [0.5, 0.6) is 0 Å². The monoisotopic (exact) mass is 293 g/mol. The summed E-state index contributed by atoms with van der Waals surface area (Å²) in [5, 5.41) is 14.1. The molecule has 0 fully saturated rings. The van der Waals surface area contributed by atoms with Crippen LogP contribution in [-0.2, 0) is 13.0 Å². The van der Waals surface area contributed by atoms with Crippen molar-refractivity contribution < 1.29 is 0 Å². The maximum Gasteiger partial charge on any atom is 0.0688 e. The molecule has 2 aromatic rings. The molecule has 3 nitrogen and oxygen atoms in total. The topological polar surface area (TPSA) is 41.6 Å². The van der Waals surface area contributed by atoms with Crippen LogP contribution in [0.1, 0.15) is 67.5 Å². The van der Waals surface area contributed by atoms with Crippen molar-refractivity contribution in [1.82, 2.24) is 9.78 Å². The van der Waals surface area contributed by atoms with Gasteiger partial charge in [0.05, 0.1) is 18.3 Å². The summed E-state index contributed by atoms with van der Waals surface area (Å²) in [5.74, 6) is 0.778. The van der Waals surface area contributed by atoms with Crippen molar-refractivity contribution in [3.8, 4) is 6.07 Å². The highest BCUT2D eigenvalue weighted by molar-refractivity contribution is 5.36. The minimum Gasteiger partial charge on any atom is -0.265 e. The van der Waals surface area contributed by atoms with Gasteiger partial charge < -0.3 is 0 Å². The lowest BCUT2D eigenvalue weighted by atomic mass is 9.81. The molecule has 1 heterocycles. The van der Waals surface area contributed by atoms with Crippen molar-refractivity contribution in [2.75, 3.05) is 0 Å². The number of nitriles is 1. The second-order valence-corrected chi connectivity index (χ2v) is 6.49. The van der Waals surface area contributed by atoms with Gasteiger partial charge in [-0.25, -0.2) is 0 Å². The first-order valence-corrected chi connectivity index (χ1v) is 8.21. The normalized spacial score (nSPS) is 17.3. The van der Waals surface area contributed by atoms with E-state index in [1.165, 1.54) is 22.5 Å². The Morgan fingerprint density at radius 1 is 1.32 bits per heavy atom. The summed E-state index contributed by atoms with van der Waals surface area (Å²) in [7, 11) is 0. The standard InChI is InChI=1S/C19H23N3/c1-14(2)19-18-16(11-12-20)9-6-10-17(18)22(21-19)13-15-7-4-3-5-8-15/h3-5,7-8,14,16H,6,9-11,13H2,1-2H3. The zero-order chi connectivity index (χ0) is 15.5. The Kier molecular flexibility index (Phi) is 4.29. The molecule has 1 unspecified atom stereocenters. The van der Waals surface area contributed by atoms with Crippen LogP contribution in [0.25, 0.3) is 0 Å². The van der Waals surface area contributed by atoms with Crippen molar-refractivity contribution in [3.63, 3.8) is 0 Å². The highest BCUT2D eigenvalue weighted by Crippen LogP contribution is 2.38. The molecule has 0 aliphatic heterocycles. The second-order valence-electron chi connectivity index (χ2n) is 6.49. The van der Waals surface area contributed by atoms with E-state index in [0.717, 1.165) is 25.8 Å². The molecule has 1 atom stereocenters. The quantitative estimate of drug-likeness (QED) is 0.839. The molecule has 0 saturated carbocycles. The highest BCUT2D eigenvalue weighted by atomic mass is 15.3. The Morgan fingerprint density at radius 3 is 2.77 bits per heavy atom. The first kappa shape index (κ1) is 14.8. The Hall–Kier alpha value is -2.08. The van der Waals surface area contributed by atoms with E-state index in [2.05, 4.69) is 48.9 Å². The Balaban J connectivity index is 2.02. The molecule has 0 spiro atoms. The van der Waals surface area contributed by atoms with Crippen molar-refractivity contribution in [1.29, 1.82) is 5.26 Å². The molecule has 3 heteroatoms. The minimum absolute atomic E-state index is 0.371. The molecule has 1 aliphatic carbocycles. The van der Waals surface area contributed by atoms with Gasteiger partial charge in [0.15, 0.2) is 0 Å². The first-order chi connectivity index (χ1) is 10.7. The van der Waals surface area contributed by atoms with Gasteiger partial charge >= 0.3 is 0 Å². The number of hydrogen-bond donors (Lipinski definition) is 0. The van der Waals surface area contributed by atoms with E-state index in [0.29, 0.717) is 18.3 Å². The summed E-state index contributed by atoms with van der Waals surface area (Å²) < 4.78 is 2.18. The van der Waals surface area contributed by atoms with Crippen LogP contribution in [0.3, 0.4) is 0 Å². The van der Waals surface area contributed by atoms with Gasteiger partial charge in [0.2, 0.25) is 0 Å². The van der Waals surface area contributed by atoms with Crippen LogP contribution in [0.2, 0.25) is 0 Å².